The van der Waals surface area contributed by atoms with E-state index in [4.69, 9.17) is 5.11 Å². The number of nitrogens with one attached hydrogen (secondary N) is 1. The first-order valence-electron chi connectivity index (χ1n) is 8.93. The number of benzene rings is 1. The van der Waals surface area contributed by atoms with Crippen LogP contribution in [0.5, 0.6) is 0 Å². The van der Waals surface area contributed by atoms with E-state index in [1.807, 2.05) is 24.3 Å². The van der Waals surface area contributed by atoms with Crippen LogP contribution in [0.4, 0.5) is 0 Å². The van der Waals surface area contributed by atoms with E-state index in [-0.39, 0.29) is 18.4 Å². The van der Waals surface area contributed by atoms with Gasteiger partial charge in [0.25, 0.3) is 5.91 Å². The summed E-state index contributed by atoms with van der Waals surface area (Å²) in [5, 5.41) is 22.1. The SMILES string of the molecule is O=C(O)Cc1ccc(CN2CC[C@@H](NC(=O)c3ccccn3)[C@H](O)C2)cc1. The van der Waals surface area contributed by atoms with Crippen LogP contribution in [-0.4, -0.2) is 57.2 Å². The highest BCUT2D eigenvalue weighted by Crippen LogP contribution is 2.16. The van der Waals surface area contributed by atoms with Crippen molar-refractivity contribution < 1.29 is 19.8 Å². The number of aliphatic hydroxyl groups is 1. The summed E-state index contributed by atoms with van der Waals surface area (Å²) in [4.78, 5) is 29.1. The summed E-state index contributed by atoms with van der Waals surface area (Å²) >= 11 is 0. The molecular formula is C20H23N3O4. The van der Waals surface area contributed by atoms with Crippen molar-refractivity contribution in [1.82, 2.24) is 15.2 Å². The monoisotopic (exact) mass is 369 g/mol. The zero-order valence-corrected chi connectivity index (χ0v) is 14.9. The minimum Gasteiger partial charge on any atom is -0.481 e. The number of carboxylic acid groups (broad SMARTS) is 1. The van der Waals surface area contributed by atoms with E-state index in [0.717, 1.165) is 17.7 Å². The first kappa shape index (κ1) is 19.0. The molecule has 2 atom stereocenters. The van der Waals surface area contributed by atoms with Gasteiger partial charge < -0.3 is 15.5 Å². The third-order valence-corrected chi connectivity index (χ3v) is 4.66. The van der Waals surface area contributed by atoms with Gasteiger partial charge in [-0.05, 0) is 29.7 Å². The number of hydrogen-bond donors (Lipinski definition) is 3. The van der Waals surface area contributed by atoms with Crippen LogP contribution in [0.15, 0.2) is 48.7 Å². The summed E-state index contributed by atoms with van der Waals surface area (Å²) in [7, 11) is 0. The molecule has 0 aliphatic carbocycles. The third-order valence-electron chi connectivity index (χ3n) is 4.66. The Hall–Kier alpha value is -2.77. The zero-order valence-electron chi connectivity index (χ0n) is 14.9. The van der Waals surface area contributed by atoms with E-state index in [9.17, 15) is 14.7 Å². The van der Waals surface area contributed by atoms with Crippen LogP contribution in [0, 0.1) is 0 Å². The van der Waals surface area contributed by atoms with Crippen LogP contribution in [0.25, 0.3) is 0 Å². The molecule has 1 saturated heterocycles. The summed E-state index contributed by atoms with van der Waals surface area (Å²) in [6.45, 7) is 1.89. The van der Waals surface area contributed by atoms with Gasteiger partial charge >= 0.3 is 5.97 Å². The lowest BCUT2D eigenvalue weighted by atomic mass is 10.0. The van der Waals surface area contributed by atoms with Crippen molar-refractivity contribution in [3.8, 4) is 0 Å². The molecule has 1 aromatic heterocycles. The Bertz CT molecular complexity index is 780. The van der Waals surface area contributed by atoms with Crippen molar-refractivity contribution in [2.75, 3.05) is 13.1 Å². The predicted octanol–water partition coefficient (Wildman–Crippen LogP) is 1.07. The van der Waals surface area contributed by atoms with Crippen LogP contribution in [-0.2, 0) is 17.8 Å². The first-order chi connectivity index (χ1) is 13.0. The second-order valence-corrected chi connectivity index (χ2v) is 6.77. The van der Waals surface area contributed by atoms with Crippen molar-refractivity contribution >= 4 is 11.9 Å². The number of carboxylic acids is 1. The Morgan fingerprint density at radius 2 is 1.89 bits per heavy atom. The van der Waals surface area contributed by atoms with Crippen LogP contribution in [0.1, 0.15) is 28.0 Å². The van der Waals surface area contributed by atoms with E-state index in [1.54, 1.807) is 24.4 Å². The number of hydrogen-bond acceptors (Lipinski definition) is 5. The molecule has 1 fully saturated rings. The van der Waals surface area contributed by atoms with E-state index < -0.39 is 12.1 Å². The van der Waals surface area contributed by atoms with E-state index >= 15 is 0 Å². The van der Waals surface area contributed by atoms with Crippen LogP contribution < -0.4 is 5.32 Å². The van der Waals surface area contributed by atoms with Gasteiger partial charge in [-0.2, -0.15) is 0 Å². The predicted molar refractivity (Wildman–Crippen MR) is 99.2 cm³/mol. The smallest absolute Gasteiger partial charge is 0.307 e. The van der Waals surface area contributed by atoms with E-state index in [0.29, 0.717) is 25.2 Å². The minimum absolute atomic E-state index is 0.0142. The number of β-amino-alcohol motifs (C(OH)–C–C–N with tert-alkyl or cyclic N) is 1. The number of carbonyl (C=O) groups is 2. The number of nitrogens with zero attached hydrogens (tertiary/aromatic N) is 2. The molecule has 1 aliphatic heterocycles. The van der Waals surface area contributed by atoms with Crippen molar-refractivity contribution in [2.45, 2.75) is 31.5 Å². The highest BCUT2D eigenvalue weighted by atomic mass is 16.4. The van der Waals surface area contributed by atoms with Crippen LogP contribution >= 0.6 is 0 Å². The third kappa shape index (κ3) is 5.35. The lowest BCUT2D eigenvalue weighted by Gasteiger charge is -2.36. The molecule has 2 heterocycles. The van der Waals surface area contributed by atoms with Gasteiger partial charge in [-0.3, -0.25) is 19.5 Å². The molecule has 0 bridgehead atoms. The molecule has 3 N–H and O–H groups in total. The molecular weight excluding hydrogens is 346 g/mol. The van der Waals surface area contributed by atoms with Gasteiger partial charge in [0.1, 0.15) is 5.69 Å². The topological polar surface area (TPSA) is 103 Å². The average Bonchev–Trinajstić information content (AvgIpc) is 2.66. The van der Waals surface area contributed by atoms with Crippen molar-refractivity contribution in [3.63, 3.8) is 0 Å². The highest BCUT2D eigenvalue weighted by Gasteiger charge is 2.29. The standard InChI is InChI=1S/C20H23N3O4/c24-18-13-23(12-15-6-4-14(5-7-15)11-19(25)26)10-8-16(18)22-20(27)17-3-1-2-9-21-17/h1-7,9,16,18,24H,8,10-13H2,(H,22,27)(H,25,26)/t16-,18-/m1/s1. The average molecular weight is 369 g/mol. The second kappa shape index (κ2) is 8.75. The first-order valence-corrected chi connectivity index (χ1v) is 8.93. The number of amides is 1. The molecule has 142 valence electrons. The van der Waals surface area contributed by atoms with Gasteiger partial charge in [-0.15, -0.1) is 0 Å². The molecule has 0 spiro atoms. The van der Waals surface area contributed by atoms with E-state index in [1.165, 1.54) is 0 Å². The van der Waals surface area contributed by atoms with Gasteiger partial charge in [0.2, 0.25) is 0 Å². The van der Waals surface area contributed by atoms with Gasteiger partial charge in [-0.1, -0.05) is 30.3 Å². The maximum atomic E-state index is 12.2. The molecule has 0 saturated carbocycles. The number of carbonyl (C=O) groups excluding carboxylic acids is 1. The maximum Gasteiger partial charge on any atom is 0.307 e. The Morgan fingerprint density at radius 1 is 1.15 bits per heavy atom. The lowest BCUT2D eigenvalue weighted by Crippen LogP contribution is -2.53. The quantitative estimate of drug-likeness (QED) is 0.704. The summed E-state index contributed by atoms with van der Waals surface area (Å²) in [5.74, 6) is -1.12. The molecule has 27 heavy (non-hydrogen) atoms. The normalized spacial score (nSPS) is 20.2. The van der Waals surface area contributed by atoms with Gasteiger partial charge in [0.05, 0.1) is 18.6 Å². The van der Waals surface area contributed by atoms with Gasteiger partial charge in [-0.25, -0.2) is 0 Å². The molecule has 3 rings (SSSR count). The molecule has 0 radical (unpaired) electrons. The Labute approximate surface area is 157 Å². The minimum atomic E-state index is -0.847. The largest absolute Gasteiger partial charge is 0.481 e. The van der Waals surface area contributed by atoms with Crippen LogP contribution in [0.3, 0.4) is 0 Å². The highest BCUT2D eigenvalue weighted by molar-refractivity contribution is 5.92. The van der Waals surface area contributed by atoms with E-state index in [2.05, 4.69) is 15.2 Å². The van der Waals surface area contributed by atoms with Crippen LogP contribution in [0.2, 0.25) is 0 Å². The van der Waals surface area contributed by atoms with Crippen molar-refractivity contribution in [3.05, 3.63) is 65.5 Å². The van der Waals surface area contributed by atoms with Crippen molar-refractivity contribution in [2.24, 2.45) is 0 Å². The fraction of sp³-hybridized carbons (Fsp3) is 0.350. The zero-order chi connectivity index (χ0) is 19.2. The second-order valence-electron chi connectivity index (χ2n) is 6.77. The molecule has 1 aromatic carbocycles. The van der Waals surface area contributed by atoms with Gasteiger partial charge in [0.15, 0.2) is 0 Å². The molecule has 1 aliphatic rings. The molecule has 7 nitrogen and oxygen atoms in total. The number of pyridine rings is 1. The number of piperidine rings is 1. The summed E-state index contributed by atoms with van der Waals surface area (Å²) < 4.78 is 0. The fourth-order valence-corrected chi connectivity index (χ4v) is 3.24. The summed E-state index contributed by atoms with van der Waals surface area (Å²) in [5.41, 5.74) is 2.17. The Kier molecular flexibility index (Phi) is 6.16. The molecule has 0 unspecified atom stereocenters. The maximum absolute atomic E-state index is 12.2. The molecule has 2 aromatic rings. The molecule has 7 heteroatoms. The molecule has 1 amide bonds. The number of aliphatic hydroxyl groups excluding tert-OH is 1. The number of rotatable bonds is 6. The number of aromatic nitrogens is 1. The summed E-state index contributed by atoms with van der Waals surface area (Å²) in [6, 6.07) is 12.3. The van der Waals surface area contributed by atoms with Crippen molar-refractivity contribution in [1.29, 1.82) is 0 Å². The van der Waals surface area contributed by atoms with Gasteiger partial charge in [0, 0.05) is 25.8 Å². The number of likely N-dealkylation sites (tertiary alicyclic amines) is 1. The number of aliphatic carboxylic acids is 1. The fourth-order valence-electron chi connectivity index (χ4n) is 3.24. The summed E-state index contributed by atoms with van der Waals surface area (Å²) in [6.07, 6.45) is 1.57. The Morgan fingerprint density at radius 3 is 2.52 bits per heavy atom. The lowest BCUT2D eigenvalue weighted by molar-refractivity contribution is -0.136. The Balaban J connectivity index is 1.51.